The third-order valence-electron chi connectivity index (χ3n) is 3.58. The number of hydrogen-bond donors (Lipinski definition) is 0. The molecule has 98 valence electrons. The second kappa shape index (κ2) is 4.40. The molecule has 4 aromatic rings. The van der Waals surface area contributed by atoms with Crippen molar-refractivity contribution in [2.45, 2.75) is 13.3 Å². The van der Waals surface area contributed by atoms with Gasteiger partial charge in [0.1, 0.15) is 0 Å². The van der Waals surface area contributed by atoms with E-state index in [1.54, 1.807) is 11.3 Å². The SMILES string of the molecule is CCc1nc(Cl)nc2c1sc1c3ccccc3ccc21. The minimum absolute atomic E-state index is 0.335. The van der Waals surface area contributed by atoms with E-state index >= 15 is 0 Å². The molecule has 0 atom stereocenters. The van der Waals surface area contributed by atoms with E-state index in [4.69, 9.17) is 11.6 Å². The minimum atomic E-state index is 0.335. The predicted molar refractivity (Wildman–Crippen MR) is 86.8 cm³/mol. The lowest BCUT2D eigenvalue weighted by Gasteiger charge is -1.99. The molecule has 0 saturated heterocycles. The van der Waals surface area contributed by atoms with Crippen molar-refractivity contribution >= 4 is 54.0 Å². The van der Waals surface area contributed by atoms with Crippen molar-refractivity contribution < 1.29 is 0 Å². The average Bonchev–Trinajstić information content (AvgIpc) is 2.85. The molecule has 0 N–H and O–H groups in total. The number of thiophene rings is 1. The van der Waals surface area contributed by atoms with Crippen molar-refractivity contribution in [2.24, 2.45) is 0 Å². The lowest BCUT2D eigenvalue weighted by molar-refractivity contribution is 1.04. The van der Waals surface area contributed by atoms with Crippen LogP contribution in [0.5, 0.6) is 0 Å². The fourth-order valence-electron chi connectivity index (χ4n) is 2.64. The van der Waals surface area contributed by atoms with Gasteiger partial charge in [-0.2, -0.15) is 0 Å². The molecule has 0 radical (unpaired) electrons. The third-order valence-corrected chi connectivity index (χ3v) is 5.03. The van der Waals surface area contributed by atoms with E-state index in [1.165, 1.54) is 20.9 Å². The minimum Gasteiger partial charge on any atom is -0.222 e. The maximum Gasteiger partial charge on any atom is 0.223 e. The fraction of sp³-hybridized carbons (Fsp3) is 0.125. The van der Waals surface area contributed by atoms with E-state index < -0.39 is 0 Å². The number of rotatable bonds is 1. The van der Waals surface area contributed by atoms with Crippen LogP contribution in [0.4, 0.5) is 0 Å². The largest absolute Gasteiger partial charge is 0.223 e. The van der Waals surface area contributed by atoms with Gasteiger partial charge in [0.15, 0.2) is 0 Å². The van der Waals surface area contributed by atoms with Gasteiger partial charge in [-0.25, -0.2) is 9.97 Å². The summed E-state index contributed by atoms with van der Waals surface area (Å²) in [6.45, 7) is 2.10. The molecule has 2 aromatic carbocycles. The van der Waals surface area contributed by atoms with Gasteiger partial charge in [-0.3, -0.25) is 0 Å². The molecular weight excluding hydrogens is 288 g/mol. The Bertz CT molecular complexity index is 959. The van der Waals surface area contributed by atoms with Crippen LogP contribution in [-0.4, -0.2) is 9.97 Å². The summed E-state index contributed by atoms with van der Waals surface area (Å²) in [6, 6.07) is 12.7. The summed E-state index contributed by atoms with van der Waals surface area (Å²) in [4.78, 5) is 8.80. The first kappa shape index (κ1) is 12.1. The highest BCUT2D eigenvalue weighted by Crippen LogP contribution is 2.38. The van der Waals surface area contributed by atoms with Gasteiger partial charge in [-0.1, -0.05) is 43.3 Å². The van der Waals surface area contributed by atoms with Crippen LogP contribution in [0.1, 0.15) is 12.6 Å². The maximum atomic E-state index is 6.06. The number of halogens is 1. The molecule has 0 spiro atoms. The van der Waals surface area contributed by atoms with Crippen molar-refractivity contribution in [3.63, 3.8) is 0 Å². The van der Waals surface area contributed by atoms with Crippen LogP contribution in [0.15, 0.2) is 36.4 Å². The molecule has 0 saturated carbocycles. The van der Waals surface area contributed by atoms with Crippen LogP contribution in [0.25, 0.3) is 31.1 Å². The van der Waals surface area contributed by atoms with Gasteiger partial charge < -0.3 is 0 Å². The number of aryl methyl sites for hydroxylation is 1. The van der Waals surface area contributed by atoms with Crippen LogP contribution in [0.2, 0.25) is 5.28 Å². The van der Waals surface area contributed by atoms with Gasteiger partial charge in [-0.05, 0) is 28.8 Å². The highest BCUT2D eigenvalue weighted by atomic mass is 35.5. The van der Waals surface area contributed by atoms with Gasteiger partial charge >= 0.3 is 0 Å². The van der Waals surface area contributed by atoms with Gasteiger partial charge in [0, 0.05) is 10.1 Å². The highest BCUT2D eigenvalue weighted by Gasteiger charge is 2.13. The van der Waals surface area contributed by atoms with Crippen molar-refractivity contribution in [2.75, 3.05) is 0 Å². The second-order valence-electron chi connectivity index (χ2n) is 4.74. The molecule has 2 nitrogen and oxygen atoms in total. The maximum absolute atomic E-state index is 6.06. The molecule has 20 heavy (non-hydrogen) atoms. The predicted octanol–water partition coefficient (Wildman–Crippen LogP) is 5.21. The molecular formula is C16H11ClN2S. The Labute approximate surface area is 125 Å². The number of nitrogens with zero attached hydrogens (tertiary/aromatic N) is 2. The van der Waals surface area contributed by atoms with Crippen LogP contribution < -0.4 is 0 Å². The number of aromatic nitrogens is 2. The first-order valence-electron chi connectivity index (χ1n) is 6.54. The van der Waals surface area contributed by atoms with E-state index in [0.717, 1.165) is 22.3 Å². The molecule has 0 aliphatic rings. The summed E-state index contributed by atoms with van der Waals surface area (Å²) in [7, 11) is 0. The van der Waals surface area contributed by atoms with Crippen LogP contribution in [0, 0.1) is 0 Å². The van der Waals surface area contributed by atoms with Crippen LogP contribution in [-0.2, 0) is 6.42 Å². The summed E-state index contributed by atoms with van der Waals surface area (Å²) < 4.78 is 2.42. The Hall–Kier alpha value is -1.71. The smallest absolute Gasteiger partial charge is 0.222 e. The second-order valence-corrected chi connectivity index (χ2v) is 6.09. The zero-order chi connectivity index (χ0) is 13.7. The van der Waals surface area contributed by atoms with E-state index in [1.807, 2.05) is 0 Å². The quantitative estimate of drug-likeness (QED) is 0.451. The molecule has 0 fully saturated rings. The molecule has 4 heteroatoms. The zero-order valence-electron chi connectivity index (χ0n) is 10.9. The third kappa shape index (κ3) is 1.63. The lowest BCUT2D eigenvalue weighted by Crippen LogP contribution is -1.90. The first-order valence-corrected chi connectivity index (χ1v) is 7.73. The molecule has 2 heterocycles. The summed E-state index contributed by atoms with van der Waals surface area (Å²) in [5.41, 5.74) is 2.01. The lowest BCUT2D eigenvalue weighted by atomic mass is 10.1. The molecule has 0 amide bonds. The van der Waals surface area contributed by atoms with Crippen LogP contribution >= 0.6 is 22.9 Å². The molecule has 2 aromatic heterocycles. The molecule has 4 rings (SSSR count). The Kier molecular flexibility index (Phi) is 2.65. The monoisotopic (exact) mass is 298 g/mol. The Morgan fingerprint density at radius 1 is 1.00 bits per heavy atom. The fourth-order valence-corrected chi connectivity index (χ4v) is 4.16. The summed E-state index contributed by atoms with van der Waals surface area (Å²) >= 11 is 7.83. The van der Waals surface area contributed by atoms with Crippen LogP contribution in [0.3, 0.4) is 0 Å². The first-order chi connectivity index (χ1) is 9.78. The standard InChI is InChI=1S/C16H11ClN2S/c1-2-12-15-13(19-16(17)18-12)11-8-7-9-5-3-4-6-10(9)14(11)20-15/h3-8H,2H2,1H3. The molecule has 0 bridgehead atoms. The highest BCUT2D eigenvalue weighted by molar-refractivity contribution is 7.26. The van der Waals surface area contributed by atoms with Gasteiger partial charge in [0.2, 0.25) is 5.28 Å². The summed E-state index contributed by atoms with van der Waals surface area (Å²) in [5, 5.41) is 4.03. The van der Waals surface area contributed by atoms with Gasteiger partial charge in [-0.15, -0.1) is 11.3 Å². The molecule has 0 aliphatic heterocycles. The summed E-state index contributed by atoms with van der Waals surface area (Å²) in [5.74, 6) is 0. The van der Waals surface area contributed by atoms with Crippen molar-refractivity contribution in [3.8, 4) is 0 Å². The van der Waals surface area contributed by atoms with Gasteiger partial charge in [0.25, 0.3) is 0 Å². The van der Waals surface area contributed by atoms with Gasteiger partial charge in [0.05, 0.1) is 15.9 Å². The Morgan fingerprint density at radius 3 is 2.70 bits per heavy atom. The Morgan fingerprint density at radius 2 is 1.85 bits per heavy atom. The number of fused-ring (bicyclic) bond motifs is 5. The topological polar surface area (TPSA) is 25.8 Å². The zero-order valence-corrected chi connectivity index (χ0v) is 12.4. The average molecular weight is 299 g/mol. The molecule has 0 unspecified atom stereocenters. The Balaban J connectivity index is 2.27. The number of hydrogen-bond acceptors (Lipinski definition) is 3. The van der Waals surface area contributed by atoms with Crippen molar-refractivity contribution in [3.05, 3.63) is 47.4 Å². The van der Waals surface area contributed by atoms with E-state index in [9.17, 15) is 0 Å². The summed E-state index contributed by atoms with van der Waals surface area (Å²) in [6.07, 6.45) is 0.865. The molecule has 0 aliphatic carbocycles. The number of benzene rings is 2. The normalized spacial score (nSPS) is 11.7. The van der Waals surface area contributed by atoms with Crippen molar-refractivity contribution in [1.82, 2.24) is 9.97 Å². The van der Waals surface area contributed by atoms with E-state index in [2.05, 4.69) is 53.3 Å². The van der Waals surface area contributed by atoms with Crippen molar-refractivity contribution in [1.29, 1.82) is 0 Å². The van der Waals surface area contributed by atoms with E-state index in [-0.39, 0.29) is 0 Å². The van der Waals surface area contributed by atoms with E-state index in [0.29, 0.717) is 5.28 Å².